The molecular formula is C17H17ClN2O. The fraction of sp³-hybridized carbons (Fsp3) is 0.235. The predicted octanol–water partition coefficient (Wildman–Crippen LogP) is 2.92. The predicted molar refractivity (Wildman–Crippen MR) is 84.5 cm³/mol. The first-order chi connectivity index (χ1) is 10.3. The van der Waals surface area contributed by atoms with Gasteiger partial charge >= 0.3 is 0 Å². The molecule has 0 aromatic heterocycles. The van der Waals surface area contributed by atoms with E-state index >= 15 is 0 Å². The molecule has 4 heteroatoms. The Morgan fingerprint density at radius 1 is 1.19 bits per heavy atom. The van der Waals surface area contributed by atoms with Gasteiger partial charge in [-0.3, -0.25) is 4.79 Å². The average molecular weight is 301 g/mol. The molecule has 0 saturated heterocycles. The van der Waals surface area contributed by atoms with Crippen molar-refractivity contribution in [1.82, 2.24) is 10.6 Å². The normalized spacial score (nSPS) is 13.6. The van der Waals surface area contributed by atoms with Gasteiger partial charge in [0.25, 0.3) is 5.91 Å². The Labute approximate surface area is 129 Å². The van der Waals surface area contributed by atoms with Crippen molar-refractivity contribution in [2.24, 2.45) is 0 Å². The molecule has 0 radical (unpaired) electrons. The van der Waals surface area contributed by atoms with E-state index in [1.165, 1.54) is 5.56 Å². The van der Waals surface area contributed by atoms with Gasteiger partial charge in [0.2, 0.25) is 0 Å². The van der Waals surface area contributed by atoms with Gasteiger partial charge in [-0.2, -0.15) is 0 Å². The van der Waals surface area contributed by atoms with Gasteiger partial charge in [0, 0.05) is 23.7 Å². The number of benzene rings is 2. The SMILES string of the molecule is O=C(NCc1ccccc1Cl)c1cccc2c1CCNC2. The quantitative estimate of drug-likeness (QED) is 0.915. The molecule has 3 nitrogen and oxygen atoms in total. The van der Waals surface area contributed by atoms with Crippen LogP contribution in [-0.4, -0.2) is 12.5 Å². The molecule has 0 unspecified atom stereocenters. The van der Waals surface area contributed by atoms with E-state index in [-0.39, 0.29) is 5.91 Å². The Morgan fingerprint density at radius 3 is 2.90 bits per heavy atom. The Hall–Kier alpha value is -1.84. The lowest BCUT2D eigenvalue weighted by molar-refractivity contribution is 0.0949. The fourth-order valence-corrected chi connectivity index (χ4v) is 2.86. The van der Waals surface area contributed by atoms with E-state index in [0.717, 1.165) is 36.2 Å². The molecule has 2 aromatic carbocycles. The van der Waals surface area contributed by atoms with E-state index in [4.69, 9.17) is 11.6 Å². The van der Waals surface area contributed by atoms with Crippen molar-refractivity contribution < 1.29 is 4.79 Å². The zero-order valence-corrected chi connectivity index (χ0v) is 12.4. The van der Waals surface area contributed by atoms with Crippen LogP contribution in [0, 0.1) is 0 Å². The van der Waals surface area contributed by atoms with Crippen LogP contribution < -0.4 is 10.6 Å². The summed E-state index contributed by atoms with van der Waals surface area (Å²) in [7, 11) is 0. The number of hydrogen-bond donors (Lipinski definition) is 2. The molecule has 0 fully saturated rings. The summed E-state index contributed by atoms with van der Waals surface area (Å²) in [6, 6.07) is 13.5. The molecule has 0 aliphatic carbocycles. The summed E-state index contributed by atoms with van der Waals surface area (Å²) in [4.78, 5) is 12.4. The van der Waals surface area contributed by atoms with Crippen LogP contribution in [0.2, 0.25) is 5.02 Å². The number of rotatable bonds is 3. The zero-order chi connectivity index (χ0) is 14.7. The molecule has 2 N–H and O–H groups in total. The molecule has 2 aromatic rings. The molecule has 0 atom stereocenters. The van der Waals surface area contributed by atoms with E-state index in [1.54, 1.807) is 0 Å². The Kier molecular flexibility index (Phi) is 4.23. The van der Waals surface area contributed by atoms with Crippen LogP contribution in [0.1, 0.15) is 27.0 Å². The number of fused-ring (bicyclic) bond motifs is 1. The lowest BCUT2D eigenvalue weighted by Gasteiger charge is -2.20. The number of carbonyl (C=O) groups excluding carboxylic acids is 1. The van der Waals surface area contributed by atoms with Crippen LogP contribution >= 0.6 is 11.6 Å². The Balaban J connectivity index is 1.76. The Bertz CT molecular complexity index is 670. The minimum Gasteiger partial charge on any atom is -0.348 e. The highest BCUT2D eigenvalue weighted by Gasteiger charge is 2.17. The first kappa shape index (κ1) is 14.1. The highest BCUT2D eigenvalue weighted by Crippen LogP contribution is 2.19. The minimum absolute atomic E-state index is 0.0336. The zero-order valence-electron chi connectivity index (χ0n) is 11.7. The largest absolute Gasteiger partial charge is 0.348 e. The number of amides is 1. The molecule has 1 aliphatic heterocycles. The summed E-state index contributed by atoms with van der Waals surface area (Å²) in [6.07, 6.45) is 0.894. The van der Waals surface area contributed by atoms with Crippen LogP contribution in [-0.2, 0) is 19.5 Å². The van der Waals surface area contributed by atoms with Crippen LogP contribution in [0.25, 0.3) is 0 Å². The third kappa shape index (κ3) is 3.09. The number of hydrogen-bond acceptors (Lipinski definition) is 2. The highest BCUT2D eigenvalue weighted by atomic mass is 35.5. The van der Waals surface area contributed by atoms with Crippen molar-refractivity contribution in [3.63, 3.8) is 0 Å². The van der Waals surface area contributed by atoms with Crippen molar-refractivity contribution in [3.05, 3.63) is 69.7 Å². The lowest BCUT2D eigenvalue weighted by atomic mass is 9.95. The highest BCUT2D eigenvalue weighted by molar-refractivity contribution is 6.31. The molecule has 0 saturated carbocycles. The topological polar surface area (TPSA) is 41.1 Å². The minimum atomic E-state index is -0.0336. The molecule has 0 bridgehead atoms. The van der Waals surface area contributed by atoms with Gasteiger partial charge in [-0.25, -0.2) is 0 Å². The van der Waals surface area contributed by atoms with Crippen molar-refractivity contribution >= 4 is 17.5 Å². The van der Waals surface area contributed by atoms with E-state index in [1.807, 2.05) is 36.4 Å². The summed E-state index contributed by atoms with van der Waals surface area (Å²) >= 11 is 6.11. The first-order valence-electron chi connectivity index (χ1n) is 7.09. The van der Waals surface area contributed by atoms with Gasteiger partial charge < -0.3 is 10.6 Å². The van der Waals surface area contributed by atoms with Gasteiger partial charge in [-0.15, -0.1) is 0 Å². The van der Waals surface area contributed by atoms with Crippen LogP contribution in [0.5, 0.6) is 0 Å². The molecular weight excluding hydrogens is 284 g/mol. The second kappa shape index (κ2) is 6.29. The van der Waals surface area contributed by atoms with Crippen LogP contribution in [0.4, 0.5) is 0 Å². The van der Waals surface area contributed by atoms with E-state index < -0.39 is 0 Å². The number of nitrogens with one attached hydrogen (secondary N) is 2. The van der Waals surface area contributed by atoms with Crippen LogP contribution in [0.3, 0.4) is 0 Å². The van der Waals surface area contributed by atoms with E-state index in [2.05, 4.69) is 16.7 Å². The average Bonchev–Trinajstić information content (AvgIpc) is 2.53. The van der Waals surface area contributed by atoms with E-state index in [9.17, 15) is 4.79 Å². The van der Waals surface area contributed by atoms with Crippen molar-refractivity contribution in [1.29, 1.82) is 0 Å². The molecule has 108 valence electrons. The standard InChI is InChI=1S/C17H17ClN2O/c18-16-7-2-1-4-13(16)11-20-17(21)15-6-3-5-12-10-19-9-8-14(12)15/h1-7,19H,8-11H2,(H,20,21). The molecule has 1 amide bonds. The first-order valence-corrected chi connectivity index (χ1v) is 7.46. The maximum Gasteiger partial charge on any atom is 0.251 e. The van der Waals surface area contributed by atoms with Crippen molar-refractivity contribution in [2.45, 2.75) is 19.5 Å². The second-order valence-corrected chi connectivity index (χ2v) is 5.55. The smallest absolute Gasteiger partial charge is 0.251 e. The maximum atomic E-state index is 12.4. The molecule has 1 heterocycles. The maximum absolute atomic E-state index is 12.4. The van der Waals surface area contributed by atoms with Gasteiger partial charge in [-0.05, 0) is 41.8 Å². The monoisotopic (exact) mass is 300 g/mol. The van der Waals surface area contributed by atoms with Crippen molar-refractivity contribution in [3.8, 4) is 0 Å². The summed E-state index contributed by atoms with van der Waals surface area (Å²) in [5, 5.41) is 6.96. The summed E-state index contributed by atoms with van der Waals surface area (Å²) < 4.78 is 0. The van der Waals surface area contributed by atoms with Crippen molar-refractivity contribution in [2.75, 3.05) is 6.54 Å². The molecule has 1 aliphatic rings. The second-order valence-electron chi connectivity index (χ2n) is 5.14. The third-order valence-electron chi connectivity index (χ3n) is 3.78. The van der Waals surface area contributed by atoms with E-state index in [0.29, 0.717) is 11.6 Å². The molecule has 3 rings (SSSR count). The molecule has 0 spiro atoms. The summed E-state index contributed by atoms with van der Waals surface area (Å²) in [6.45, 7) is 2.20. The lowest BCUT2D eigenvalue weighted by Crippen LogP contribution is -2.29. The third-order valence-corrected chi connectivity index (χ3v) is 4.15. The summed E-state index contributed by atoms with van der Waals surface area (Å²) in [5.74, 6) is -0.0336. The summed E-state index contributed by atoms with van der Waals surface area (Å²) in [5.41, 5.74) is 4.08. The fourth-order valence-electron chi connectivity index (χ4n) is 2.66. The van der Waals surface area contributed by atoms with Gasteiger partial charge in [0.15, 0.2) is 0 Å². The Morgan fingerprint density at radius 2 is 2.05 bits per heavy atom. The van der Waals surface area contributed by atoms with Gasteiger partial charge in [-0.1, -0.05) is 41.9 Å². The number of carbonyl (C=O) groups is 1. The van der Waals surface area contributed by atoms with Gasteiger partial charge in [0.05, 0.1) is 0 Å². The molecule has 21 heavy (non-hydrogen) atoms. The number of halogens is 1. The van der Waals surface area contributed by atoms with Gasteiger partial charge in [0.1, 0.15) is 0 Å². The van der Waals surface area contributed by atoms with Crippen LogP contribution in [0.15, 0.2) is 42.5 Å².